The summed E-state index contributed by atoms with van der Waals surface area (Å²) >= 11 is 0. The van der Waals surface area contributed by atoms with Crippen LogP contribution < -0.4 is 10.5 Å². The monoisotopic (exact) mass is 349 g/mol. The summed E-state index contributed by atoms with van der Waals surface area (Å²) in [7, 11) is -3.83. The van der Waals surface area contributed by atoms with Crippen molar-refractivity contribution in [1.82, 2.24) is 0 Å². The molecule has 0 aromatic heterocycles. The third-order valence-corrected chi connectivity index (χ3v) is 5.25. The summed E-state index contributed by atoms with van der Waals surface area (Å²) in [6.45, 7) is 4.13. The van der Waals surface area contributed by atoms with E-state index in [1.165, 1.54) is 24.3 Å². The van der Waals surface area contributed by atoms with Crippen molar-refractivity contribution in [2.24, 2.45) is 0 Å². The Hall–Kier alpha value is -2.61. The largest absolute Gasteiger partial charge is 0.393 e. The number of sulfonamides is 1. The molecule has 0 bridgehead atoms. The molecule has 0 fully saturated rings. The zero-order valence-electron chi connectivity index (χ0n) is 13.4. The van der Waals surface area contributed by atoms with Crippen LogP contribution in [0, 0.1) is 10.1 Å². The molecule has 0 saturated carbocycles. The molecule has 0 aliphatic carbocycles. The highest BCUT2D eigenvalue weighted by atomic mass is 32.2. The Morgan fingerprint density at radius 2 is 1.83 bits per heavy atom. The molecule has 0 aliphatic heterocycles. The topological polar surface area (TPSA) is 115 Å². The van der Waals surface area contributed by atoms with E-state index < -0.39 is 14.9 Å². The molecule has 0 aliphatic rings. The molecule has 0 amide bonds. The van der Waals surface area contributed by atoms with Crippen LogP contribution in [0.1, 0.15) is 31.7 Å². The lowest BCUT2D eigenvalue weighted by Crippen LogP contribution is -2.13. The van der Waals surface area contributed by atoms with E-state index in [1.807, 2.05) is 0 Å². The summed E-state index contributed by atoms with van der Waals surface area (Å²) in [6.07, 6.45) is 0.958. The second-order valence-corrected chi connectivity index (χ2v) is 7.20. The predicted molar refractivity (Wildman–Crippen MR) is 93.5 cm³/mol. The summed E-state index contributed by atoms with van der Waals surface area (Å²) in [4.78, 5) is 10.3. The van der Waals surface area contributed by atoms with Crippen molar-refractivity contribution in [3.05, 3.63) is 58.1 Å². The lowest BCUT2D eigenvalue weighted by Gasteiger charge is -2.11. The van der Waals surface area contributed by atoms with Gasteiger partial charge in [-0.15, -0.1) is 0 Å². The first kappa shape index (κ1) is 17.7. The Kier molecular flexibility index (Phi) is 5.08. The minimum atomic E-state index is -3.83. The molecule has 7 nitrogen and oxygen atoms in total. The average Bonchev–Trinajstić information content (AvgIpc) is 2.55. The first-order valence-electron chi connectivity index (χ1n) is 7.41. The van der Waals surface area contributed by atoms with Crippen LogP contribution in [0.2, 0.25) is 0 Å². The SMILES string of the molecule is CC[C@H](C)c1ccc(S(=O)(=O)Nc2ccc(N)c([N+](=O)[O-])c2)cc1. The quantitative estimate of drug-likeness (QED) is 0.470. The Labute approximate surface area is 140 Å². The Morgan fingerprint density at radius 1 is 1.21 bits per heavy atom. The fourth-order valence-corrected chi connectivity index (χ4v) is 3.24. The van der Waals surface area contributed by atoms with Crippen LogP contribution in [0.4, 0.5) is 17.1 Å². The number of nitrogens with two attached hydrogens (primary N) is 1. The van der Waals surface area contributed by atoms with Gasteiger partial charge in [-0.05, 0) is 42.2 Å². The molecule has 8 heteroatoms. The zero-order valence-corrected chi connectivity index (χ0v) is 14.2. The highest BCUT2D eigenvalue weighted by Gasteiger charge is 2.18. The lowest BCUT2D eigenvalue weighted by molar-refractivity contribution is -0.383. The molecule has 0 radical (unpaired) electrons. The lowest BCUT2D eigenvalue weighted by atomic mass is 9.99. The Morgan fingerprint density at radius 3 is 2.38 bits per heavy atom. The second kappa shape index (κ2) is 6.88. The van der Waals surface area contributed by atoms with E-state index in [0.29, 0.717) is 5.92 Å². The number of nitrogens with zero attached hydrogens (tertiary/aromatic N) is 1. The number of nitro groups is 1. The maximum atomic E-state index is 12.4. The summed E-state index contributed by atoms with van der Waals surface area (Å²) in [5.74, 6) is 0.342. The molecule has 128 valence electrons. The van der Waals surface area contributed by atoms with Gasteiger partial charge < -0.3 is 5.73 Å². The first-order valence-corrected chi connectivity index (χ1v) is 8.89. The minimum absolute atomic E-state index is 0.0270. The van der Waals surface area contributed by atoms with Crippen molar-refractivity contribution in [3.8, 4) is 0 Å². The number of anilines is 2. The van der Waals surface area contributed by atoms with Gasteiger partial charge in [0.25, 0.3) is 15.7 Å². The normalized spacial score (nSPS) is 12.6. The number of hydrogen-bond donors (Lipinski definition) is 2. The van der Waals surface area contributed by atoms with Gasteiger partial charge in [0.1, 0.15) is 5.69 Å². The van der Waals surface area contributed by atoms with Gasteiger partial charge in [0.05, 0.1) is 15.5 Å². The fourth-order valence-electron chi connectivity index (χ4n) is 2.19. The molecule has 0 spiro atoms. The molecule has 3 N–H and O–H groups in total. The first-order chi connectivity index (χ1) is 11.2. The van der Waals surface area contributed by atoms with Gasteiger partial charge in [-0.2, -0.15) is 0 Å². The third-order valence-electron chi connectivity index (χ3n) is 3.85. The van der Waals surface area contributed by atoms with Gasteiger partial charge in [0, 0.05) is 6.07 Å². The van der Waals surface area contributed by atoms with Gasteiger partial charge in [0.2, 0.25) is 0 Å². The molecular formula is C16H19N3O4S. The molecule has 2 aromatic rings. The van der Waals surface area contributed by atoms with E-state index in [4.69, 9.17) is 5.73 Å². The molecule has 1 atom stereocenters. The van der Waals surface area contributed by atoms with Crippen LogP contribution in [0.15, 0.2) is 47.4 Å². The molecule has 0 unspecified atom stereocenters. The van der Waals surface area contributed by atoms with Gasteiger partial charge in [-0.3, -0.25) is 14.8 Å². The van der Waals surface area contributed by atoms with E-state index in [9.17, 15) is 18.5 Å². The number of rotatable bonds is 6. The van der Waals surface area contributed by atoms with Crippen molar-refractivity contribution in [1.29, 1.82) is 0 Å². The molecule has 0 saturated heterocycles. The molecule has 24 heavy (non-hydrogen) atoms. The van der Waals surface area contributed by atoms with Crippen LogP contribution in [-0.2, 0) is 10.0 Å². The minimum Gasteiger partial charge on any atom is -0.393 e. The summed E-state index contributed by atoms with van der Waals surface area (Å²) < 4.78 is 27.1. The van der Waals surface area contributed by atoms with Crippen molar-refractivity contribution < 1.29 is 13.3 Å². The third kappa shape index (κ3) is 3.83. The second-order valence-electron chi connectivity index (χ2n) is 5.51. The van der Waals surface area contributed by atoms with Gasteiger partial charge in [-0.1, -0.05) is 26.0 Å². The van der Waals surface area contributed by atoms with Gasteiger partial charge >= 0.3 is 0 Å². The maximum absolute atomic E-state index is 12.4. The smallest absolute Gasteiger partial charge is 0.294 e. The standard InChI is InChI=1S/C16H19N3O4S/c1-3-11(2)12-4-7-14(8-5-12)24(22,23)18-13-6-9-15(17)16(10-13)19(20)21/h4-11,18H,3,17H2,1-2H3/t11-/m0/s1. The number of benzene rings is 2. The van der Waals surface area contributed by atoms with Gasteiger partial charge in [-0.25, -0.2) is 8.42 Å². The predicted octanol–water partition coefficient (Wildman–Crippen LogP) is 3.49. The number of nitrogens with one attached hydrogen (secondary N) is 1. The van der Waals surface area contributed by atoms with Crippen molar-refractivity contribution in [2.75, 3.05) is 10.5 Å². The molecule has 0 heterocycles. The van der Waals surface area contributed by atoms with Gasteiger partial charge in [0.15, 0.2) is 0 Å². The Balaban J connectivity index is 2.28. The highest BCUT2D eigenvalue weighted by molar-refractivity contribution is 7.92. The number of nitrogen functional groups attached to an aromatic ring is 1. The van der Waals surface area contributed by atoms with Crippen molar-refractivity contribution >= 4 is 27.1 Å². The Bertz CT molecular complexity index is 848. The van der Waals surface area contributed by atoms with Crippen LogP contribution in [0.5, 0.6) is 0 Å². The number of hydrogen-bond acceptors (Lipinski definition) is 5. The molecule has 2 aromatic carbocycles. The van der Waals surface area contributed by atoms with E-state index in [0.717, 1.165) is 18.1 Å². The van der Waals surface area contributed by atoms with Crippen LogP contribution in [-0.4, -0.2) is 13.3 Å². The van der Waals surface area contributed by atoms with E-state index in [2.05, 4.69) is 18.6 Å². The number of nitro benzene ring substituents is 1. The summed E-state index contributed by atoms with van der Waals surface area (Å²) in [5, 5.41) is 10.9. The van der Waals surface area contributed by atoms with E-state index in [-0.39, 0.29) is 22.0 Å². The highest BCUT2D eigenvalue weighted by Crippen LogP contribution is 2.27. The van der Waals surface area contributed by atoms with E-state index in [1.54, 1.807) is 12.1 Å². The van der Waals surface area contributed by atoms with E-state index >= 15 is 0 Å². The van der Waals surface area contributed by atoms with Crippen molar-refractivity contribution in [3.63, 3.8) is 0 Å². The fraction of sp³-hybridized carbons (Fsp3) is 0.250. The van der Waals surface area contributed by atoms with Crippen molar-refractivity contribution in [2.45, 2.75) is 31.1 Å². The summed E-state index contributed by atoms with van der Waals surface area (Å²) in [5.41, 5.74) is 6.27. The average molecular weight is 349 g/mol. The summed E-state index contributed by atoms with van der Waals surface area (Å²) in [6, 6.07) is 10.4. The van der Waals surface area contributed by atoms with Crippen LogP contribution >= 0.6 is 0 Å². The molecule has 2 rings (SSSR count). The maximum Gasteiger partial charge on any atom is 0.294 e. The zero-order chi connectivity index (χ0) is 17.9. The molecular weight excluding hydrogens is 330 g/mol. The van der Waals surface area contributed by atoms with Crippen LogP contribution in [0.3, 0.4) is 0 Å². The van der Waals surface area contributed by atoms with Crippen LogP contribution in [0.25, 0.3) is 0 Å².